The lowest BCUT2D eigenvalue weighted by molar-refractivity contribution is -0.132. The molecule has 0 radical (unpaired) electrons. The highest BCUT2D eigenvalue weighted by Gasteiger charge is 2.22. The molecule has 0 aromatic heterocycles. The molecule has 1 aromatic rings. The molecule has 0 aliphatic carbocycles. The molecule has 0 spiro atoms. The Labute approximate surface area is 134 Å². The summed E-state index contributed by atoms with van der Waals surface area (Å²) in [5.41, 5.74) is 0.842. The van der Waals surface area contributed by atoms with E-state index in [2.05, 4.69) is 0 Å². The van der Waals surface area contributed by atoms with Crippen LogP contribution in [-0.4, -0.2) is 54.1 Å². The molecule has 2 rings (SSSR count). The van der Waals surface area contributed by atoms with Crippen molar-refractivity contribution in [2.75, 3.05) is 26.2 Å². The average molecular weight is 321 g/mol. The van der Waals surface area contributed by atoms with Crippen molar-refractivity contribution in [1.82, 2.24) is 9.80 Å². The SMILES string of the molecule is O=CCN1CCN(C(=O)C=Cc2cccc(Cl)c2)CCC1=O. The van der Waals surface area contributed by atoms with Gasteiger partial charge in [0.15, 0.2) is 0 Å². The topological polar surface area (TPSA) is 57.7 Å². The van der Waals surface area contributed by atoms with Gasteiger partial charge in [0.1, 0.15) is 6.29 Å². The van der Waals surface area contributed by atoms with E-state index in [4.69, 9.17) is 11.6 Å². The van der Waals surface area contributed by atoms with Crippen LogP contribution in [0.2, 0.25) is 5.02 Å². The van der Waals surface area contributed by atoms with Crippen molar-refractivity contribution in [3.63, 3.8) is 0 Å². The van der Waals surface area contributed by atoms with E-state index in [1.165, 1.54) is 11.0 Å². The van der Waals surface area contributed by atoms with E-state index in [1.807, 2.05) is 12.1 Å². The molecular formula is C16H17ClN2O3. The van der Waals surface area contributed by atoms with Crippen LogP contribution < -0.4 is 0 Å². The van der Waals surface area contributed by atoms with Gasteiger partial charge in [-0.1, -0.05) is 23.7 Å². The molecule has 0 saturated carbocycles. The van der Waals surface area contributed by atoms with Gasteiger partial charge in [-0.2, -0.15) is 0 Å². The molecule has 0 bridgehead atoms. The number of hydrogen-bond acceptors (Lipinski definition) is 3. The minimum absolute atomic E-state index is 0.0826. The highest BCUT2D eigenvalue weighted by molar-refractivity contribution is 6.30. The van der Waals surface area contributed by atoms with Crippen LogP contribution in [0.15, 0.2) is 30.3 Å². The molecule has 1 aliphatic heterocycles. The zero-order valence-electron chi connectivity index (χ0n) is 12.1. The standard InChI is InChI=1S/C16H17ClN2O3/c17-14-3-1-2-13(12-14)4-5-15(21)18-7-6-16(22)19(9-8-18)10-11-20/h1-5,11-12H,6-10H2. The van der Waals surface area contributed by atoms with Crippen LogP contribution in [0.1, 0.15) is 12.0 Å². The van der Waals surface area contributed by atoms with Gasteiger partial charge in [-0.3, -0.25) is 9.59 Å². The van der Waals surface area contributed by atoms with Crippen molar-refractivity contribution >= 4 is 35.8 Å². The molecule has 2 amide bonds. The Kier molecular flexibility index (Phi) is 5.72. The summed E-state index contributed by atoms with van der Waals surface area (Å²) in [5.74, 6) is -0.248. The van der Waals surface area contributed by atoms with Gasteiger partial charge >= 0.3 is 0 Å². The number of benzene rings is 1. The Morgan fingerprint density at radius 3 is 2.82 bits per heavy atom. The highest BCUT2D eigenvalue weighted by Crippen LogP contribution is 2.12. The van der Waals surface area contributed by atoms with Gasteiger partial charge in [0.05, 0.1) is 6.54 Å². The first kappa shape index (κ1) is 16.2. The molecular weight excluding hydrogens is 304 g/mol. The second-order valence-corrected chi connectivity index (χ2v) is 5.41. The number of amides is 2. The molecule has 1 heterocycles. The quantitative estimate of drug-likeness (QED) is 0.625. The maximum Gasteiger partial charge on any atom is 0.246 e. The van der Waals surface area contributed by atoms with Crippen molar-refractivity contribution in [3.8, 4) is 0 Å². The predicted molar refractivity (Wildman–Crippen MR) is 84.3 cm³/mol. The predicted octanol–water partition coefficient (Wildman–Crippen LogP) is 1.61. The Morgan fingerprint density at radius 1 is 1.27 bits per heavy atom. The number of carbonyl (C=O) groups is 3. The molecule has 0 unspecified atom stereocenters. The fraction of sp³-hybridized carbons (Fsp3) is 0.312. The van der Waals surface area contributed by atoms with E-state index in [-0.39, 0.29) is 24.8 Å². The van der Waals surface area contributed by atoms with Crippen LogP contribution in [0, 0.1) is 0 Å². The fourth-order valence-electron chi connectivity index (χ4n) is 2.25. The summed E-state index contributed by atoms with van der Waals surface area (Å²) in [6.07, 6.45) is 4.12. The average Bonchev–Trinajstić information content (AvgIpc) is 2.68. The lowest BCUT2D eigenvalue weighted by atomic mass is 10.2. The molecule has 6 heteroatoms. The third kappa shape index (κ3) is 4.43. The van der Waals surface area contributed by atoms with Crippen LogP contribution in [0.4, 0.5) is 0 Å². The van der Waals surface area contributed by atoms with Crippen molar-refractivity contribution in [3.05, 3.63) is 40.9 Å². The second kappa shape index (κ2) is 7.75. The van der Waals surface area contributed by atoms with E-state index >= 15 is 0 Å². The number of rotatable bonds is 4. The maximum absolute atomic E-state index is 12.2. The largest absolute Gasteiger partial charge is 0.337 e. The molecule has 22 heavy (non-hydrogen) atoms. The van der Waals surface area contributed by atoms with Crippen LogP contribution >= 0.6 is 11.6 Å². The van der Waals surface area contributed by atoms with Gasteiger partial charge in [0.25, 0.3) is 0 Å². The Hall–Kier alpha value is -2.14. The van der Waals surface area contributed by atoms with E-state index in [0.717, 1.165) is 5.56 Å². The van der Waals surface area contributed by atoms with Crippen LogP contribution in [0.25, 0.3) is 6.08 Å². The smallest absolute Gasteiger partial charge is 0.246 e. The molecule has 1 aliphatic rings. The third-order valence-corrected chi connectivity index (χ3v) is 3.70. The molecule has 1 aromatic carbocycles. The van der Waals surface area contributed by atoms with Gasteiger partial charge in [0, 0.05) is 37.2 Å². The van der Waals surface area contributed by atoms with Crippen LogP contribution in [-0.2, 0) is 14.4 Å². The van der Waals surface area contributed by atoms with Crippen LogP contribution in [0.3, 0.4) is 0 Å². The molecule has 1 fully saturated rings. The summed E-state index contributed by atoms with van der Waals surface area (Å²) in [4.78, 5) is 37.6. The maximum atomic E-state index is 12.2. The fourth-order valence-corrected chi connectivity index (χ4v) is 2.45. The third-order valence-electron chi connectivity index (χ3n) is 3.46. The molecule has 0 N–H and O–H groups in total. The number of halogens is 1. The van der Waals surface area contributed by atoms with E-state index < -0.39 is 0 Å². The molecule has 5 nitrogen and oxygen atoms in total. The van der Waals surface area contributed by atoms with Gasteiger partial charge in [-0.25, -0.2) is 0 Å². The lowest BCUT2D eigenvalue weighted by Gasteiger charge is -2.19. The van der Waals surface area contributed by atoms with Gasteiger partial charge < -0.3 is 14.6 Å². The van der Waals surface area contributed by atoms with Gasteiger partial charge in [-0.15, -0.1) is 0 Å². The Morgan fingerprint density at radius 2 is 2.09 bits per heavy atom. The second-order valence-electron chi connectivity index (χ2n) is 4.97. The first-order valence-electron chi connectivity index (χ1n) is 7.04. The van der Waals surface area contributed by atoms with Crippen LogP contribution in [0.5, 0.6) is 0 Å². The van der Waals surface area contributed by atoms with Crippen molar-refractivity contribution in [2.45, 2.75) is 6.42 Å². The van der Waals surface area contributed by atoms with E-state index in [0.29, 0.717) is 30.9 Å². The van der Waals surface area contributed by atoms with Gasteiger partial charge in [0.2, 0.25) is 11.8 Å². The van der Waals surface area contributed by atoms with Crippen molar-refractivity contribution in [1.29, 1.82) is 0 Å². The molecule has 0 atom stereocenters. The monoisotopic (exact) mass is 320 g/mol. The number of nitrogens with zero attached hydrogens (tertiary/aromatic N) is 2. The zero-order valence-corrected chi connectivity index (χ0v) is 12.8. The minimum atomic E-state index is -0.152. The minimum Gasteiger partial charge on any atom is -0.337 e. The highest BCUT2D eigenvalue weighted by atomic mass is 35.5. The summed E-state index contributed by atoms with van der Waals surface area (Å²) in [7, 11) is 0. The van der Waals surface area contributed by atoms with E-state index in [1.54, 1.807) is 23.1 Å². The Balaban J connectivity index is 1.98. The number of aldehydes is 1. The zero-order chi connectivity index (χ0) is 15.9. The Bertz CT molecular complexity index is 601. The molecule has 1 saturated heterocycles. The molecule has 116 valence electrons. The summed E-state index contributed by atoms with van der Waals surface area (Å²) in [6, 6.07) is 7.20. The summed E-state index contributed by atoms with van der Waals surface area (Å²) in [5, 5.41) is 0.611. The summed E-state index contributed by atoms with van der Waals surface area (Å²) >= 11 is 5.89. The van der Waals surface area contributed by atoms with E-state index in [9.17, 15) is 14.4 Å². The number of carbonyl (C=O) groups excluding carboxylic acids is 3. The normalized spacial score (nSPS) is 16.0. The number of hydrogen-bond donors (Lipinski definition) is 0. The van der Waals surface area contributed by atoms with Crippen molar-refractivity contribution in [2.24, 2.45) is 0 Å². The summed E-state index contributed by atoms with van der Waals surface area (Å²) < 4.78 is 0. The van der Waals surface area contributed by atoms with Gasteiger partial charge in [-0.05, 0) is 23.8 Å². The first-order chi connectivity index (χ1) is 10.6. The van der Waals surface area contributed by atoms with Crippen molar-refractivity contribution < 1.29 is 14.4 Å². The summed E-state index contributed by atoms with van der Waals surface area (Å²) in [6.45, 7) is 1.26. The lowest BCUT2D eigenvalue weighted by Crippen LogP contribution is -2.36. The first-order valence-corrected chi connectivity index (χ1v) is 7.42.